The van der Waals surface area contributed by atoms with Gasteiger partial charge in [0.05, 0.1) is 0 Å². The predicted octanol–water partition coefficient (Wildman–Crippen LogP) is 1.81. The molecule has 1 N–H and O–H groups in total. The smallest absolute Gasteiger partial charge is 0.229 e. The van der Waals surface area contributed by atoms with Crippen molar-refractivity contribution in [1.82, 2.24) is 5.32 Å². The highest BCUT2D eigenvalue weighted by atomic mass is 16.2. The summed E-state index contributed by atoms with van der Waals surface area (Å²) in [7, 11) is 1.87. The summed E-state index contributed by atoms with van der Waals surface area (Å²) in [5, 5.41) is 3.22. The standard InChI is InChI=1S/C14H20N2O/c1-10-6-4-5-7-13(10)16(3)14(17)11(2)12-8-15-9-12/h4-7,11-12,15H,8-9H2,1-3H3. The Labute approximate surface area is 103 Å². The zero-order valence-corrected chi connectivity index (χ0v) is 10.7. The van der Waals surface area contributed by atoms with Crippen LogP contribution in [0, 0.1) is 18.8 Å². The van der Waals surface area contributed by atoms with Crippen molar-refractivity contribution in [2.24, 2.45) is 11.8 Å². The molecular formula is C14H20N2O. The molecule has 92 valence electrons. The summed E-state index contributed by atoms with van der Waals surface area (Å²) in [6.45, 7) is 6.00. The maximum absolute atomic E-state index is 12.3. The van der Waals surface area contributed by atoms with E-state index in [1.807, 2.05) is 45.2 Å². The number of anilines is 1. The van der Waals surface area contributed by atoms with Crippen molar-refractivity contribution in [3.8, 4) is 0 Å². The number of aryl methyl sites for hydroxylation is 1. The van der Waals surface area contributed by atoms with E-state index in [1.165, 1.54) is 0 Å². The van der Waals surface area contributed by atoms with Gasteiger partial charge in [-0.3, -0.25) is 4.79 Å². The van der Waals surface area contributed by atoms with Crippen LogP contribution in [0.25, 0.3) is 0 Å². The second-order valence-corrected chi connectivity index (χ2v) is 4.89. The molecular weight excluding hydrogens is 212 g/mol. The van der Waals surface area contributed by atoms with Gasteiger partial charge in [-0.15, -0.1) is 0 Å². The molecule has 0 aromatic heterocycles. The maximum Gasteiger partial charge on any atom is 0.229 e. The zero-order valence-electron chi connectivity index (χ0n) is 10.7. The molecule has 1 saturated heterocycles. The molecule has 1 heterocycles. The minimum atomic E-state index is 0.0980. The molecule has 1 aliphatic rings. The number of benzene rings is 1. The van der Waals surface area contributed by atoms with E-state index in [4.69, 9.17) is 0 Å². The molecule has 0 saturated carbocycles. The first-order chi connectivity index (χ1) is 8.11. The third-order valence-electron chi connectivity index (χ3n) is 3.72. The number of nitrogens with one attached hydrogen (secondary N) is 1. The lowest BCUT2D eigenvalue weighted by molar-refractivity contribution is -0.123. The molecule has 2 rings (SSSR count). The number of nitrogens with zero attached hydrogens (tertiary/aromatic N) is 1. The van der Waals surface area contributed by atoms with Crippen LogP contribution in [-0.2, 0) is 4.79 Å². The number of carbonyl (C=O) groups is 1. The van der Waals surface area contributed by atoms with E-state index < -0.39 is 0 Å². The third kappa shape index (κ3) is 2.34. The van der Waals surface area contributed by atoms with E-state index in [0.717, 1.165) is 24.3 Å². The van der Waals surface area contributed by atoms with Crippen molar-refractivity contribution in [3.63, 3.8) is 0 Å². The number of carbonyl (C=O) groups excluding carboxylic acids is 1. The van der Waals surface area contributed by atoms with Crippen LogP contribution in [-0.4, -0.2) is 26.0 Å². The van der Waals surface area contributed by atoms with Crippen LogP contribution in [0.5, 0.6) is 0 Å². The van der Waals surface area contributed by atoms with E-state index in [2.05, 4.69) is 5.32 Å². The fourth-order valence-corrected chi connectivity index (χ4v) is 2.23. The molecule has 1 aliphatic heterocycles. The maximum atomic E-state index is 12.3. The minimum absolute atomic E-state index is 0.0980. The fourth-order valence-electron chi connectivity index (χ4n) is 2.23. The first-order valence-corrected chi connectivity index (χ1v) is 6.15. The summed E-state index contributed by atoms with van der Waals surface area (Å²) in [6.07, 6.45) is 0. The van der Waals surface area contributed by atoms with E-state index in [0.29, 0.717) is 5.92 Å². The van der Waals surface area contributed by atoms with Gasteiger partial charge in [0, 0.05) is 18.7 Å². The molecule has 0 aliphatic carbocycles. The van der Waals surface area contributed by atoms with Crippen molar-refractivity contribution < 1.29 is 4.79 Å². The highest BCUT2D eigenvalue weighted by Gasteiger charge is 2.31. The Balaban J connectivity index is 2.11. The van der Waals surface area contributed by atoms with Crippen molar-refractivity contribution in [2.75, 3.05) is 25.0 Å². The summed E-state index contributed by atoms with van der Waals surface area (Å²) >= 11 is 0. The van der Waals surface area contributed by atoms with Crippen LogP contribution in [0.2, 0.25) is 0 Å². The molecule has 0 radical (unpaired) electrons. The number of hydrogen-bond donors (Lipinski definition) is 1. The number of para-hydroxylation sites is 1. The van der Waals surface area contributed by atoms with Crippen molar-refractivity contribution in [3.05, 3.63) is 29.8 Å². The van der Waals surface area contributed by atoms with E-state index in [9.17, 15) is 4.79 Å². The van der Waals surface area contributed by atoms with Crippen LogP contribution in [0.3, 0.4) is 0 Å². The fraction of sp³-hybridized carbons (Fsp3) is 0.500. The van der Waals surface area contributed by atoms with Gasteiger partial charge in [0.25, 0.3) is 0 Å². The molecule has 0 spiro atoms. The Morgan fingerprint density at radius 2 is 2.06 bits per heavy atom. The number of hydrogen-bond acceptors (Lipinski definition) is 2. The molecule has 1 unspecified atom stereocenters. The largest absolute Gasteiger partial charge is 0.316 e. The summed E-state index contributed by atoms with van der Waals surface area (Å²) in [4.78, 5) is 14.1. The summed E-state index contributed by atoms with van der Waals surface area (Å²) in [6, 6.07) is 8.01. The van der Waals surface area contributed by atoms with E-state index in [1.54, 1.807) is 4.90 Å². The highest BCUT2D eigenvalue weighted by molar-refractivity contribution is 5.95. The lowest BCUT2D eigenvalue weighted by atomic mass is 9.88. The van der Waals surface area contributed by atoms with Gasteiger partial charge in [0.15, 0.2) is 0 Å². The molecule has 3 nitrogen and oxygen atoms in total. The molecule has 1 atom stereocenters. The van der Waals surface area contributed by atoms with Crippen molar-refractivity contribution in [2.45, 2.75) is 13.8 Å². The average molecular weight is 232 g/mol. The van der Waals surface area contributed by atoms with E-state index in [-0.39, 0.29) is 11.8 Å². The lowest BCUT2D eigenvalue weighted by Gasteiger charge is -2.34. The Bertz CT molecular complexity index is 412. The second-order valence-electron chi connectivity index (χ2n) is 4.89. The first kappa shape index (κ1) is 12.1. The molecule has 3 heteroatoms. The SMILES string of the molecule is Cc1ccccc1N(C)C(=O)C(C)C1CNC1. The van der Waals surface area contributed by atoms with Crippen LogP contribution in [0.1, 0.15) is 12.5 Å². The van der Waals surface area contributed by atoms with Gasteiger partial charge in [-0.2, -0.15) is 0 Å². The molecule has 1 aromatic carbocycles. The second kappa shape index (κ2) is 4.88. The number of rotatable bonds is 3. The van der Waals surface area contributed by atoms with Crippen LogP contribution in [0.15, 0.2) is 24.3 Å². The summed E-state index contributed by atoms with van der Waals surface area (Å²) in [5.41, 5.74) is 2.15. The van der Waals surface area contributed by atoms with Crippen LogP contribution in [0.4, 0.5) is 5.69 Å². The Hall–Kier alpha value is -1.35. The van der Waals surface area contributed by atoms with Gasteiger partial charge in [-0.05, 0) is 37.6 Å². The van der Waals surface area contributed by atoms with Gasteiger partial charge < -0.3 is 10.2 Å². The Morgan fingerprint density at radius 3 is 2.59 bits per heavy atom. The third-order valence-corrected chi connectivity index (χ3v) is 3.72. The monoisotopic (exact) mass is 232 g/mol. The molecule has 17 heavy (non-hydrogen) atoms. The molecule has 1 amide bonds. The van der Waals surface area contributed by atoms with Gasteiger partial charge in [0.1, 0.15) is 0 Å². The normalized spacial score (nSPS) is 17.4. The first-order valence-electron chi connectivity index (χ1n) is 6.15. The van der Waals surface area contributed by atoms with Crippen LogP contribution < -0.4 is 10.2 Å². The Morgan fingerprint density at radius 1 is 1.41 bits per heavy atom. The van der Waals surface area contributed by atoms with Gasteiger partial charge in [-0.25, -0.2) is 0 Å². The topological polar surface area (TPSA) is 32.3 Å². The van der Waals surface area contributed by atoms with Crippen molar-refractivity contribution >= 4 is 11.6 Å². The highest BCUT2D eigenvalue weighted by Crippen LogP contribution is 2.23. The summed E-state index contributed by atoms with van der Waals surface area (Å²) < 4.78 is 0. The van der Waals surface area contributed by atoms with Crippen LogP contribution >= 0.6 is 0 Å². The Kier molecular flexibility index (Phi) is 3.48. The predicted molar refractivity (Wildman–Crippen MR) is 70.1 cm³/mol. The zero-order chi connectivity index (χ0) is 12.4. The summed E-state index contributed by atoms with van der Waals surface area (Å²) in [5.74, 6) is 0.806. The van der Waals surface area contributed by atoms with Gasteiger partial charge >= 0.3 is 0 Å². The van der Waals surface area contributed by atoms with E-state index >= 15 is 0 Å². The van der Waals surface area contributed by atoms with Gasteiger partial charge in [0.2, 0.25) is 5.91 Å². The van der Waals surface area contributed by atoms with Gasteiger partial charge in [-0.1, -0.05) is 25.1 Å². The molecule has 1 aromatic rings. The lowest BCUT2D eigenvalue weighted by Crippen LogP contribution is -2.50. The minimum Gasteiger partial charge on any atom is -0.316 e. The number of amides is 1. The van der Waals surface area contributed by atoms with Crippen molar-refractivity contribution in [1.29, 1.82) is 0 Å². The molecule has 0 bridgehead atoms. The molecule has 1 fully saturated rings. The average Bonchev–Trinajstić information content (AvgIpc) is 2.25. The quantitative estimate of drug-likeness (QED) is 0.862.